The first-order valence-corrected chi connectivity index (χ1v) is 11.9. The van der Waals surface area contributed by atoms with Gasteiger partial charge in [-0.1, -0.05) is 29.8 Å². The Kier molecular flexibility index (Phi) is 7.78. The molecule has 3 aromatic carbocycles. The zero-order valence-electron chi connectivity index (χ0n) is 21.3. The van der Waals surface area contributed by atoms with Gasteiger partial charge in [0, 0.05) is 5.56 Å². The lowest BCUT2D eigenvalue weighted by Crippen LogP contribution is -2.29. The number of para-hydroxylation sites is 1. The van der Waals surface area contributed by atoms with E-state index in [1.165, 1.54) is 41.6 Å². The van der Waals surface area contributed by atoms with Gasteiger partial charge in [0.1, 0.15) is 5.75 Å². The Morgan fingerprint density at radius 2 is 1.54 bits per heavy atom. The first kappa shape index (κ1) is 26.2. The average molecular weight is 526 g/mol. The molecule has 3 aromatic rings. The van der Waals surface area contributed by atoms with E-state index in [0.717, 1.165) is 5.56 Å². The first-order chi connectivity index (χ1) is 17.9. The van der Waals surface area contributed by atoms with Crippen molar-refractivity contribution in [2.24, 2.45) is 0 Å². The molecular formula is C28H28ClNO7. The molecule has 0 unspecified atom stereocenters. The van der Waals surface area contributed by atoms with E-state index < -0.39 is 6.04 Å². The van der Waals surface area contributed by atoms with Crippen LogP contribution in [0, 0.1) is 0 Å². The summed E-state index contributed by atoms with van der Waals surface area (Å²) in [6.07, 6.45) is 0.913. The summed E-state index contributed by atoms with van der Waals surface area (Å²) in [5.74, 6) is 1.36. The smallest absolute Gasteiger partial charge is 0.255 e. The summed E-state index contributed by atoms with van der Waals surface area (Å²) in [5.41, 5.74) is 2.72. The van der Waals surface area contributed by atoms with E-state index >= 15 is 0 Å². The normalized spacial score (nSPS) is 13.9. The van der Waals surface area contributed by atoms with Gasteiger partial charge in [-0.3, -0.25) is 9.59 Å². The number of halogens is 1. The Bertz CT molecular complexity index is 1410. The SMILES string of the molecule is COc1ccccc1C(=O)N[C@H]1CCc2c(Cl)c(OC)c(OC)c(OC)c2-c2ccc(OC)c(=O)cc21. The molecule has 37 heavy (non-hydrogen) atoms. The van der Waals surface area contributed by atoms with Gasteiger partial charge in [-0.15, -0.1) is 0 Å². The highest BCUT2D eigenvalue weighted by atomic mass is 35.5. The maximum atomic E-state index is 13.4. The molecule has 0 saturated heterocycles. The van der Waals surface area contributed by atoms with Crippen molar-refractivity contribution in [3.8, 4) is 39.9 Å². The molecule has 4 rings (SSSR count). The van der Waals surface area contributed by atoms with Crippen LogP contribution in [0.2, 0.25) is 5.02 Å². The van der Waals surface area contributed by atoms with E-state index in [0.29, 0.717) is 63.1 Å². The molecule has 0 spiro atoms. The van der Waals surface area contributed by atoms with Crippen LogP contribution in [0.4, 0.5) is 0 Å². The van der Waals surface area contributed by atoms with Gasteiger partial charge in [-0.25, -0.2) is 0 Å². The molecule has 0 radical (unpaired) electrons. The van der Waals surface area contributed by atoms with Crippen molar-refractivity contribution in [1.82, 2.24) is 5.32 Å². The molecule has 0 fully saturated rings. The molecule has 0 heterocycles. The lowest BCUT2D eigenvalue weighted by atomic mass is 9.95. The van der Waals surface area contributed by atoms with E-state index in [2.05, 4.69) is 5.32 Å². The zero-order valence-corrected chi connectivity index (χ0v) is 22.0. The highest BCUT2D eigenvalue weighted by Crippen LogP contribution is 2.54. The van der Waals surface area contributed by atoms with Crippen LogP contribution in [0.15, 0.2) is 47.3 Å². The Morgan fingerprint density at radius 3 is 2.19 bits per heavy atom. The Labute approximate surface area is 220 Å². The van der Waals surface area contributed by atoms with Gasteiger partial charge in [0.25, 0.3) is 5.91 Å². The summed E-state index contributed by atoms with van der Waals surface area (Å²) in [6, 6.07) is 11.3. The molecule has 1 amide bonds. The minimum absolute atomic E-state index is 0.162. The molecule has 0 saturated carbocycles. The summed E-state index contributed by atoms with van der Waals surface area (Å²) < 4.78 is 27.7. The van der Waals surface area contributed by atoms with Crippen molar-refractivity contribution >= 4 is 17.5 Å². The van der Waals surface area contributed by atoms with Crippen molar-refractivity contribution in [3.05, 3.63) is 74.4 Å². The van der Waals surface area contributed by atoms with Crippen molar-refractivity contribution in [1.29, 1.82) is 0 Å². The number of rotatable bonds is 7. The molecule has 1 N–H and O–H groups in total. The van der Waals surface area contributed by atoms with Crippen molar-refractivity contribution in [2.45, 2.75) is 18.9 Å². The maximum Gasteiger partial charge on any atom is 0.255 e. The number of carbonyl (C=O) groups is 1. The minimum atomic E-state index is -0.539. The van der Waals surface area contributed by atoms with Gasteiger partial charge in [-0.2, -0.15) is 0 Å². The van der Waals surface area contributed by atoms with Crippen molar-refractivity contribution < 1.29 is 28.5 Å². The summed E-state index contributed by atoms with van der Waals surface area (Å²) >= 11 is 6.84. The highest BCUT2D eigenvalue weighted by molar-refractivity contribution is 6.34. The molecule has 1 aliphatic rings. The van der Waals surface area contributed by atoms with Crippen LogP contribution in [0.5, 0.6) is 28.7 Å². The molecule has 9 heteroatoms. The number of amides is 1. The molecule has 1 aliphatic carbocycles. The Balaban J connectivity index is 1.98. The predicted octanol–water partition coefficient (Wildman–Crippen LogP) is 4.83. The van der Waals surface area contributed by atoms with Gasteiger partial charge >= 0.3 is 0 Å². The maximum absolute atomic E-state index is 13.4. The third kappa shape index (κ3) is 4.64. The lowest BCUT2D eigenvalue weighted by Gasteiger charge is -2.21. The third-order valence-corrected chi connectivity index (χ3v) is 6.86. The fourth-order valence-electron chi connectivity index (χ4n) is 4.76. The van der Waals surface area contributed by atoms with Gasteiger partial charge in [0.15, 0.2) is 17.2 Å². The standard InChI is InChI=1S/C28H28ClNO7/c1-33-21-9-7-6-8-16(21)28(32)30-19-12-10-17-23(15-11-13-22(34-2)20(31)14-18(15)19)25(35-3)27(37-5)26(36-4)24(17)29/h6-9,11,13-14,19H,10,12H2,1-5H3,(H,30,32)/t19-/m0/s1. The van der Waals surface area contributed by atoms with Crippen LogP contribution in [0.1, 0.15) is 33.9 Å². The summed E-state index contributed by atoms with van der Waals surface area (Å²) in [7, 11) is 7.47. The third-order valence-electron chi connectivity index (χ3n) is 6.46. The largest absolute Gasteiger partial charge is 0.496 e. The van der Waals surface area contributed by atoms with Gasteiger partial charge < -0.3 is 29.0 Å². The molecule has 0 aromatic heterocycles. The topological polar surface area (TPSA) is 92.3 Å². The number of carbonyl (C=O) groups excluding carboxylic acids is 1. The number of fused-ring (bicyclic) bond motifs is 3. The second kappa shape index (κ2) is 11.0. The fraction of sp³-hybridized carbons (Fsp3) is 0.286. The molecule has 0 bridgehead atoms. The van der Waals surface area contributed by atoms with Crippen LogP contribution in [-0.2, 0) is 6.42 Å². The summed E-state index contributed by atoms with van der Waals surface area (Å²) in [5, 5.41) is 3.46. The van der Waals surface area contributed by atoms with Crippen LogP contribution >= 0.6 is 11.6 Å². The molecule has 8 nitrogen and oxygen atoms in total. The van der Waals surface area contributed by atoms with Gasteiger partial charge in [0.05, 0.1) is 52.2 Å². The van der Waals surface area contributed by atoms with E-state index in [1.54, 1.807) is 36.4 Å². The average Bonchev–Trinajstić information content (AvgIpc) is 3.17. The summed E-state index contributed by atoms with van der Waals surface area (Å²) in [4.78, 5) is 26.4. The number of benzene rings is 2. The van der Waals surface area contributed by atoms with Crippen molar-refractivity contribution in [2.75, 3.05) is 35.5 Å². The quantitative estimate of drug-likeness (QED) is 0.472. The second-order valence-corrected chi connectivity index (χ2v) is 8.69. The minimum Gasteiger partial charge on any atom is -0.496 e. The number of hydrogen-bond donors (Lipinski definition) is 1. The molecule has 194 valence electrons. The van der Waals surface area contributed by atoms with Gasteiger partial charge in [-0.05, 0) is 53.8 Å². The zero-order chi connectivity index (χ0) is 26.7. The van der Waals surface area contributed by atoms with Crippen LogP contribution in [0.3, 0.4) is 0 Å². The Hall–Kier alpha value is -3.91. The fourth-order valence-corrected chi connectivity index (χ4v) is 5.11. The van der Waals surface area contributed by atoms with Crippen molar-refractivity contribution in [3.63, 3.8) is 0 Å². The van der Waals surface area contributed by atoms with Crippen LogP contribution in [0.25, 0.3) is 11.1 Å². The predicted molar refractivity (Wildman–Crippen MR) is 141 cm³/mol. The molecule has 0 aliphatic heterocycles. The second-order valence-electron chi connectivity index (χ2n) is 8.31. The van der Waals surface area contributed by atoms with Crippen LogP contribution < -0.4 is 34.4 Å². The van der Waals surface area contributed by atoms with Gasteiger partial charge in [0.2, 0.25) is 11.2 Å². The monoisotopic (exact) mass is 525 g/mol. The summed E-state index contributed by atoms with van der Waals surface area (Å²) in [6.45, 7) is 0. The van der Waals surface area contributed by atoms with E-state index in [9.17, 15) is 9.59 Å². The van der Waals surface area contributed by atoms with E-state index in [-0.39, 0.29) is 17.1 Å². The number of hydrogen-bond acceptors (Lipinski definition) is 7. The number of nitrogens with one attached hydrogen (secondary N) is 1. The number of methoxy groups -OCH3 is 5. The molecule has 1 atom stereocenters. The van der Waals surface area contributed by atoms with Crippen LogP contribution in [-0.4, -0.2) is 41.5 Å². The lowest BCUT2D eigenvalue weighted by molar-refractivity contribution is 0.0932. The first-order valence-electron chi connectivity index (χ1n) is 11.6. The van der Waals surface area contributed by atoms with E-state index in [1.807, 2.05) is 0 Å². The highest BCUT2D eigenvalue weighted by Gasteiger charge is 2.32. The Morgan fingerprint density at radius 1 is 0.865 bits per heavy atom. The molecular weight excluding hydrogens is 498 g/mol. The number of ether oxygens (including phenoxy) is 5. The van der Waals surface area contributed by atoms with E-state index in [4.69, 9.17) is 35.3 Å².